The van der Waals surface area contributed by atoms with Gasteiger partial charge in [0.25, 0.3) is 0 Å². The average Bonchev–Trinajstić information content (AvgIpc) is 2.29. The second-order valence-corrected chi connectivity index (χ2v) is 3.01. The number of carbonyl (C=O) groups is 1. The van der Waals surface area contributed by atoms with Crippen LogP contribution in [0.2, 0.25) is 0 Å². The Labute approximate surface area is 71.6 Å². The van der Waals surface area contributed by atoms with Crippen molar-refractivity contribution in [2.45, 2.75) is 6.42 Å². The van der Waals surface area contributed by atoms with Crippen molar-refractivity contribution in [2.75, 3.05) is 13.1 Å². The van der Waals surface area contributed by atoms with E-state index in [1.807, 2.05) is 24.3 Å². The van der Waals surface area contributed by atoms with E-state index in [1.54, 1.807) is 0 Å². The quantitative estimate of drug-likeness (QED) is 0.615. The summed E-state index contributed by atoms with van der Waals surface area (Å²) in [6.45, 7) is 1.39. The maximum Gasteiger partial charge on any atom is 0.176 e. The van der Waals surface area contributed by atoms with Gasteiger partial charge in [-0.1, -0.05) is 24.3 Å². The summed E-state index contributed by atoms with van der Waals surface area (Å²) in [5.74, 6) is 0.211. The fourth-order valence-electron chi connectivity index (χ4n) is 1.53. The summed E-state index contributed by atoms with van der Waals surface area (Å²) in [6, 6.07) is 7.84. The van der Waals surface area contributed by atoms with Gasteiger partial charge in [0.05, 0.1) is 6.54 Å². The largest absolute Gasteiger partial charge is 0.309 e. The fourth-order valence-corrected chi connectivity index (χ4v) is 1.53. The van der Waals surface area contributed by atoms with Gasteiger partial charge in [0.1, 0.15) is 0 Å². The molecule has 1 heterocycles. The highest BCUT2D eigenvalue weighted by Crippen LogP contribution is 2.11. The molecule has 1 aromatic carbocycles. The SMILES string of the molecule is O=C1CNCCc2ccccc21. The molecule has 1 aromatic rings. The second kappa shape index (κ2) is 3.07. The first-order valence-corrected chi connectivity index (χ1v) is 4.20. The molecule has 0 atom stereocenters. The van der Waals surface area contributed by atoms with Crippen molar-refractivity contribution in [1.29, 1.82) is 0 Å². The molecule has 0 aromatic heterocycles. The smallest absolute Gasteiger partial charge is 0.176 e. The van der Waals surface area contributed by atoms with Crippen molar-refractivity contribution < 1.29 is 4.79 Å². The van der Waals surface area contributed by atoms with E-state index in [-0.39, 0.29) is 5.78 Å². The summed E-state index contributed by atoms with van der Waals surface area (Å²) in [5.41, 5.74) is 2.06. The first kappa shape index (κ1) is 7.50. The third-order valence-corrected chi connectivity index (χ3v) is 2.17. The van der Waals surface area contributed by atoms with E-state index in [1.165, 1.54) is 5.56 Å². The molecule has 1 aliphatic rings. The third kappa shape index (κ3) is 1.25. The molecule has 0 saturated carbocycles. The van der Waals surface area contributed by atoms with E-state index in [9.17, 15) is 4.79 Å². The van der Waals surface area contributed by atoms with E-state index in [2.05, 4.69) is 5.32 Å². The number of rotatable bonds is 0. The minimum atomic E-state index is 0.211. The summed E-state index contributed by atoms with van der Waals surface area (Å²) in [7, 11) is 0. The highest BCUT2D eigenvalue weighted by atomic mass is 16.1. The molecule has 2 nitrogen and oxygen atoms in total. The van der Waals surface area contributed by atoms with Gasteiger partial charge in [-0.3, -0.25) is 4.79 Å². The Morgan fingerprint density at radius 3 is 3.00 bits per heavy atom. The predicted octanol–water partition coefficient (Wildman–Crippen LogP) is 1.01. The number of Topliss-reactive ketones (excluding diaryl/α,β-unsaturated/α-hetero) is 1. The van der Waals surface area contributed by atoms with Crippen LogP contribution in [0.25, 0.3) is 0 Å². The topological polar surface area (TPSA) is 29.1 Å². The average molecular weight is 161 g/mol. The van der Waals surface area contributed by atoms with Gasteiger partial charge in [0, 0.05) is 5.56 Å². The predicted molar refractivity (Wildman–Crippen MR) is 47.3 cm³/mol. The van der Waals surface area contributed by atoms with Gasteiger partial charge in [0.2, 0.25) is 0 Å². The normalized spacial score (nSPS) is 16.8. The standard InChI is InChI=1S/C10H11NO/c12-10-7-11-6-5-8-3-1-2-4-9(8)10/h1-4,11H,5-7H2. The third-order valence-electron chi connectivity index (χ3n) is 2.17. The van der Waals surface area contributed by atoms with E-state index >= 15 is 0 Å². The van der Waals surface area contributed by atoms with Gasteiger partial charge in [-0.05, 0) is 18.5 Å². The van der Waals surface area contributed by atoms with Crippen LogP contribution in [-0.2, 0) is 6.42 Å². The van der Waals surface area contributed by atoms with Crippen LogP contribution in [0.5, 0.6) is 0 Å². The van der Waals surface area contributed by atoms with Gasteiger partial charge in [0.15, 0.2) is 5.78 Å². The Morgan fingerprint density at radius 1 is 1.25 bits per heavy atom. The number of carbonyl (C=O) groups excluding carboxylic acids is 1. The summed E-state index contributed by atoms with van der Waals surface area (Å²) >= 11 is 0. The molecular weight excluding hydrogens is 150 g/mol. The van der Waals surface area contributed by atoms with E-state index in [0.29, 0.717) is 6.54 Å². The molecule has 2 rings (SSSR count). The number of benzene rings is 1. The van der Waals surface area contributed by atoms with Gasteiger partial charge in [-0.15, -0.1) is 0 Å². The molecule has 0 spiro atoms. The van der Waals surface area contributed by atoms with Crippen LogP contribution in [0, 0.1) is 0 Å². The van der Waals surface area contributed by atoms with E-state index in [0.717, 1.165) is 18.5 Å². The zero-order valence-electron chi connectivity index (χ0n) is 6.84. The van der Waals surface area contributed by atoms with Crippen molar-refractivity contribution in [3.05, 3.63) is 35.4 Å². The van der Waals surface area contributed by atoms with Gasteiger partial charge in [-0.25, -0.2) is 0 Å². The number of fused-ring (bicyclic) bond motifs is 1. The Kier molecular flexibility index (Phi) is 1.92. The molecule has 1 aliphatic heterocycles. The van der Waals surface area contributed by atoms with Gasteiger partial charge < -0.3 is 5.32 Å². The van der Waals surface area contributed by atoms with Crippen molar-refractivity contribution in [3.63, 3.8) is 0 Å². The van der Waals surface area contributed by atoms with Crippen LogP contribution < -0.4 is 5.32 Å². The molecule has 0 saturated heterocycles. The second-order valence-electron chi connectivity index (χ2n) is 3.01. The molecule has 12 heavy (non-hydrogen) atoms. The maximum atomic E-state index is 11.4. The number of hydrogen-bond donors (Lipinski definition) is 1. The summed E-state index contributed by atoms with van der Waals surface area (Å²) < 4.78 is 0. The van der Waals surface area contributed by atoms with Crippen LogP contribution in [0.3, 0.4) is 0 Å². The Bertz CT molecular complexity index is 306. The lowest BCUT2D eigenvalue weighted by atomic mass is 10.0. The lowest BCUT2D eigenvalue weighted by Gasteiger charge is -2.00. The summed E-state index contributed by atoms with van der Waals surface area (Å²) in [5, 5.41) is 3.09. The maximum absolute atomic E-state index is 11.4. The first-order chi connectivity index (χ1) is 5.88. The number of hydrogen-bond acceptors (Lipinski definition) is 2. The molecule has 0 radical (unpaired) electrons. The van der Waals surface area contributed by atoms with Gasteiger partial charge in [-0.2, -0.15) is 0 Å². The number of ketones is 1. The molecule has 62 valence electrons. The van der Waals surface area contributed by atoms with Crippen molar-refractivity contribution in [3.8, 4) is 0 Å². The molecule has 0 unspecified atom stereocenters. The zero-order valence-corrected chi connectivity index (χ0v) is 6.84. The van der Waals surface area contributed by atoms with Crippen LogP contribution in [0.15, 0.2) is 24.3 Å². The van der Waals surface area contributed by atoms with Crippen molar-refractivity contribution in [1.82, 2.24) is 5.32 Å². The van der Waals surface area contributed by atoms with Gasteiger partial charge >= 0.3 is 0 Å². The summed E-state index contributed by atoms with van der Waals surface area (Å²) in [4.78, 5) is 11.4. The van der Waals surface area contributed by atoms with Crippen LogP contribution in [0.1, 0.15) is 15.9 Å². The molecule has 0 amide bonds. The van der Waals surface area contributed by atoms with Crippen molar-refractivity contribution in [2.24, 2.45) is 0 Å². The van der Waals surface area contributed by atoms with Crippen LogP contribution in [-0.4, -0.2) is 18.9 Å². The fraction of sp³-hybridized carbons (Fsp3) is 0.300. The molecule has 0 fully saturated rings. The molecule has 2 heteroatoms. The Hall–Kier alpha value is -1.15. The van der Waals surface area contributed by atoms with E-state index < -0.39 is 0 Å². The zero-order chi connectivity index (χ0) is 8.39. The Balaban J connectivity index is 2.46. The molecular formula is C10H11NO. The number of nitrogens with one attached hydrogen (secondary N) is 1. The monoisotopic (exact) mass is 161 g/mol. The van der Waals surface area contributed by atoms with E-state index in [4.69, 9.17) is 0 Å². The van der Waals surface area contributed by atoms with Crippen molar-refractivity contribution >= 4 is 5.78 Å². The highest BCUT2D eigenvalue weighted by molar-refractivity contribution is 5.99. The molecule has 0 aliphatic carbocycles. The van der Waals surface area contributed by atoms with Crippen LogP contribution in [0.4, 0.5) is 0 Å². The molecule has 1 N–H and O–H groups in total. The lowest BCUT2D eigenvalue weighted by Crippen LogP contribution is -2.21. The minimum Gasteiger partial charge on any atom is -0.309 e. The van der Waals surface area contributed by atoms with Crippen LogP contribution >= 0.6 is 0 Å². The first-order valence-electron chi connectivity index (χ1n) is 4.20. The highest BCUT2D eigenvalue weighted by Gasteiger charge is 2.13. The Morgan fingerprint density at radius 2 is 2.08 bits per heavy atom. The summed E-state index contributed by atoms with van der Waals surface area (Å²) in [6.07, 6.45) is 0.960. The minimum absolute atomic E-state index is 0.211. The lowest BCUT2D eigenvalue weighted by molar-refractivity contribution is 0.0994. The molecule has 0 bridgehead atoms.